The summed E-state index contributed by atoms with van der Waals surface area (Å²) in [7, 11) is 0. The van der Waals surface area contributed by atoms with Crippen LogP contribution in [0.2, 0.25) is 0 Å². The molecule has 0 spiro atoms. The lowest BCUT2D eigenvalue weighted by atomic mass is 9.84. The largest absolute Gasteiger partial charge is 0.492 e. The lowest BCUT2D eigenvalue weighted by Gasteiger charge is -2.40. The fraction of sp³-hybridized carbons (Fsp3) is 0.500. The van der Waals surface area contributed by atoms with Gasteiger partial charge in [0.2, 0.25) is 0 Å². The smallest absolute Gasteiger partial charge is 0.127 e. The Labute approximate surface area is 167 Å². The van der Waals surface area contributed by atoms with Crippen LogP contribution in [0.15, 0.2) is 48.5 Å². The third-order valence-corrected chi connectivity index (χ3v) is 6.27. The maximum atomic E-state index is 6.29. The van der Waals surface area contributed by atoms with E-state index >= 15 is 0 Å². The molecular formula is C24H30O4. The second-order valence-corrected chi connectivity index (χ2v) is 8.26. The molecule has 0 amide bonds. The molecule has 0 N–H and O–H groups in total. The van der Waals surface area contributed by atoms with E-state index in [0.717, 1.165) is 61.9 Å². The van der Waals surface area contributed by atoms with Gasteiger partial charge in [-0.3, -0.25) is 0 Å². The second-order valence-electron chi connectivity index (χ2n) is 8.26. The number of ether oxygens (including phenoxy) is 4. The van der Waals surface area contributed by atoms with Crippen molar-refractivity contribution in [3.8, 4) is 22.6 Å². The first-order chi connectivity index (χ1) is 13.7. The Morgan fingerprint density at radius 2 is 1.07 bits per heavy atom. The SMILES string of the molecule is CCC1(COc2ccccc2-c2ccccc2OCC2(CC)COC2)COC1. The van der Waals surface area contributed by atoms with E-state index in [1.807, 2.05) is 36.4 Å². The van der Waals surface area contributed by atoms with Crippen molar-refractivity contribution in [3.63, 3.8) is 0 Å². The number of benzene rings is 2. The predicted octanol–water partition coefficient (Wildman–Crippen LogP) is 4.96. The minimum absolute atomic E-state index is 0.154. The van der Waals surface area contributed by atoms with E-state index in [4.69, 9.17) is 18.9 Å². The van der Waals surface area contributed by atoms with Crippen molar-refractivity contribution < 1.29 is 18.9 Å². The van der Waals surface area contributed by atoms with Crippen LogP contribution < -0.4 is 9.47 Å². The van der Waals surface area contributed by atoms with Crippen molar-refractivity contribution in [1.82, 2.24) is 0 Å². The Morgan fingerprint density at radius 3 is 1.39 bits per heavy atom. The molecule has 4 nitrogen and oxygen atoms in total. The summed E-state index contributed by atoms with van der Waals surface area (Å²) >= 11 is 0. The van der Waals surface area contributed by atoms with Gasteiger partial charge in [-0.1, -0.05) is 50.2 Å². The zero-order chi connectivity index (χ0) is 19.5. The van der Waals surface area contributed by atoms with Crippen LogP contribution in [-0.2, 0) is 9.47 Å². The summed E-state index contributed by atoms with van der Waals surface area (Å²) in [5.74, 6) is 1.80. The van der Waals surface area contributed by atoms with Gasteiger partial charge in [-0.25, -0.2) is 0 Å². The third-order valence-electron chi connectivity index (χ3n) is 6.27. The minimum atomic E-state index is 0.154. The quantitative estimate of drug-likeness (QED) is 0.614. The summed E-state index contributed by atoms with van der Waals surface area (Å²) in [4.78, 5) is 0. The number of rotatable bonds is 9. The number of hydrogen-bond acceptors (Lipinski definition) is 4. The highest BCUT2D eigenvalue weighted by Gasteiger charge is 2.38. The van der Waals surface area contributed by atoms with Gasteiger partial charge in [0, 0.05) is 11.1 Å². The van der Waals surface area contributed by atoms with E-state index in [1.165, 1.54) is 0 Å². The van der Waals surface area contributed by atoms with Gasteiger partial charge in [0.05, 0.1) is 50.5 Å². The monoisotopic (exact) mass is 382 g/mol. The maximum Gasteiger partial charge on any atom is 0.127 e. The summed E-state index contributed by atoms with van der Waals surface area (Å²) in [5.41, 5.74) is 2.45. The van der Waals surface area contributed by atoms with Crippen molar-refractivity contribution in [3.05, 3.63) is 48.5 Å². The lowest BCUT2D eigenvalue weighted by molar-refractivity contribution is -0.133. The summed E-state index contributed by atoms with van der Waals surface area (Å²) < 4.78 is 23.4. The lowest BCUT2D eigenvalue weighted by Crippen LogP contribution is -2.46. The number of para-hydroxylation sites is 2. The van der Waals surface area contributed by atoms with Gasteiger partial charge < -0.3 is 18.9 Å². The first-order valence-corrected chi connectivity index (χ1v) is 10.3. The topological polar surface area (TPSA) is 36.9 Å². The fourth-order valence-corrected chi connectivity index (χ4v) is 3.65. The Kier molecular flexibility index (Phi) is 5.61. The van der Waals surface area contributed by atoms with E-state index in [0.29, 0.717) is 13.2 Å². The van der Waals surface area contributed by atoms with E-state index in [9.17, 15) is 0 Å². The molecule has 0 atom stereocenters. The van der Waals surface area contributed by atoms with Gasteiger partial charge in [-0.2, -0.15) is 0 Å². The molecule has 2 aliphatic rings. The highest BCUT2D eigenvalue weighted by molar-refractivity contribution is 5.75. The highest BCUT2D eigenvalue weighted by Crippen LogP contribution is 2.40. The van der Waals surface area contributed by atoms with Gasteiger partial charge in [0.25, 0.3) is 0 Å². The molecule has 0 bridgehead atoms. The van der Waals surface area contributed by atoms with Crippen LogP contribution >= 0.6 is 0 Å². The van der Waals surface area contributed by atoms with Crippen molar-refractivity contribution in [2.75, 3.05) is 39.6 Å². The van der Waals surface area contributed by atoms with Crippen LogP contribution in [0.3, 0.4) is 0 Å². The van der Waals surface area contributed by atoms with Gasteiger partial charge in [-0.15, -0.1) is 0 Å². The zero-order valence-corrected chi connectivity index (χ0v) is 16.9. The molecular weight excluding hydrogens is 352 g/mol. The Hall–Kier alpha value is -2.04. The third kappa shape index (κ3) is 3.76. The molecule has 2 aromatic carbocycles. The molecule has 0 unspecified atom stereocenters. The van der Waals surface area contributed by atoms with Crippen molar-refractivity contribution in [1.29, 1.82) is 0 Å². The first-order valence-electron chi connectivity index (χ1n) is 10.3. The van der Waals surface area contributed by atoms with Crippen LogP contribution in [-0.4, -0.2) is 39.6 Å². The average molecular weight is 383 g/mol. The summed E-state index contributed by atoms with van der Waals surface area (Å²) in [6, 6.07) is 16.4. The summed E-state index contributed by atoms with van der Waals surface area (Å²) in [6.45, 7) is 8.90. The van der Waals surface area contributed by atoms with E-state index in [1.54, 1.807) is 0 Å². The first kappa shape index (κ1) is 19.3. The molecule has 150 valence electrons. The van der Waals surface area contributed by atoms with E-state index in [-0.39, 0.29) is 10.8 Å². The molecule has 28 heavy (non-hydrogen) atoms. The van der Waals surface area contributed by atoms with Crippen molar-refractivity contribution >= 4 is 0 Å². The minimum Gasteiger partial charge on any atom is -0.492 e. The van der Waals surface area contributed by atoms with Crippen LogP contribution in [0.4, 0.5) is 0 Å². The van der Waals surface area contributed by atoms with Gasteiger partial charge in [-0.05, 0) is 25.0 Å². The highest BCUT2D eigenvalue weighted by atomic mass is 16.5. The van der Waals surface area contributed by atoms with Crippen molar-refractivity contribution in [2.24, 2.45) is 10.8 Å². The molecule has 0 radical (unpaired) electrons. The van der Waals surface area contributed by atoms with E-state index in [2.05, 4.69) is 26.0 Å². The Balaban J connectivity index is 1.54. The summed E-state index contributed by atoms with van der Waals surface area (Å²) in [6.07, 6.45) is 2.13. The molecule has 2 fully saturated rings. The standard InChI is InChI=1S/C24H30O4/c1-3-23(13-25-14-23)17-27-21-11-7-5-9-19(21)20-10-6-8-12-22(20)28-18-24(4-2)15-26-16-24/h5-12H,3-4,13-18H2,1-2H3. The van der Waals surface area contributed by atoms with Crippen LogP contribution in [0, 0.1) is 10.8 Å². The van der Waals surface area contributed by atoms with E-state index < -0.39 is 0 Å². The Bertz CT molecular complexity index is 714. The average Bonchev–Trinajstić information content (AvgIpc) is 2.68. The fourth-order valence-electron chi connectivity index (χ4n) is 3.65. The Morgan fingerprint density at radius 1 is 0.679 bits per heavy atom. The molecule has 0 saturated carbocycles. The molecule has 4 heteroatoms. The zero-order valence-electron chi connectivity index (χ0n) is 16.9. The second kappa shape index (κ2) is 8.14. The van der Waals surface area contributed by atoms with Crippen LogP contribution in [0.5, 0.6) is 11.5 Å². The molecule has 4 rings (SSSR count). The van der Waals surface area contributed by atoms with Gasteiger partial charge >= 0.3 is 0 Å². The normalized spacial score (nSPS) is 19.4. The number of hydrogen-bond donors (Lipinski definition) is 0. The van der Waals surface area contributed by atoms with Crippen LogP contribution in [0.1, 0.15) is 26.7 Å². The molecule has 0 aliphatic carbocycles. The maximum absolute atomic E-state index is 6.29. The molecule has 2 aromatic rings. The molecule has 2 heterocycles. The van der Waals surface area contributed by atoms with Crippen LogP contribution in [0.25, 0.3) is 11.1 Å². The molecule has 2 saturated heterocycles. The van der Waals surface area contributed by atoms with Gasteiger partial charge in [0.15, 0.2) is 0 Å². The van der Waals surface area contributed by atoms with Gasteiger partial charge in [0.1, 0.15) is 11.5 Å². The molecule has 0 aromatic heterocycles. The summed E-state index contributed by atoms with van der Waals surface area (Å²) in [5, 5.41) is 0. The predicted molar refractivity (Wildman–Crippen MR) is 110 cm³/mol. The van der Waals surface area contributed by atoms with Crippen molar-refractivity contribution in [2.45, 2.75) is 26.7 Å². The molecule has 2 aliphatic heterocycles.